The minimum absolute atomic E-state index is 0.367. The minimum Gasteiger partial charge on any atom is -0.207 e. The number of benzene rings is 1. The van der Waals surface area contributed by atoms with Gasteiger partial charge in [0.2, 0.25) is 10.0 Å². The SMILES string of the molecule is C#CC(C)NS(=O)(=O)c1ccc(F)c(F)c1. The van der Waals surface area contributed by atoms with E-state index in [9.17, 15) is 17.2 Å². The molecule has 0 aromatic heterocycles. The van der Waals surface area contributed by atoms with Gasteiger partial charge in [0.1, 0.15) is 0 Å². The van der Waals surface area contributed by atoms with E-state index in [-0.39, 0.29) is 4.90 Å². The Bertz CT molecular complexity index is 534. The molecular weight excluding hydrogens is 236 g/mol. The molecule has 0 saturated carbocycles. The third-order valence-electron chi connectivity index (χ3n) is 1.78. The first kappa shape index (κ1) is 12.6. The van der Waals surface area contributed by atoms with Gasteiger partial charge < -0.3 is 0 Å². The van der Waals surface area contributed by atoms with Crippen LogP contribution in [0.25, 0.3) is 0 Å². The third-order valence-corrected chi connectivity index (χ3v) is 3.32. The van der Waals surface area contributed by atoms with Crippen LogP contribution in [0.4, 0.5) is 8.78 Å². The smallest absolute Gasteiger partial charge is 0.207 e. The van der Waals surface area contributed by atoms with Crippen LogP contribution in [0.1, 0.15) is 6.92 Å². The van der Waals surface area contributed by atoms with Crippen molar-refractivity contribution in [2.24, 2.45) is 0 Å². The van der Waals surface area contributed by atoms with E-state index in [4.69, 9.17) is 6.42 Å². The van der Waals surface area contributed by atoms with Crippen molar-refractivity contribution in [3.63, 3.8) is 0 Å². The number of rotatable bonds is 3. The molecule has 0 heterocycles. The monoisotopic (exact) mass is 245 g/mol. The average Bonchev–Trinajstić information content (AvgIpc) is 2.21. The molecule has 16 heavy (non-hydrogen) atoms. The summed E-state index contributed by atoms with van der Waals surface area (Å²) in [4.78, 5) is -0.367. The van der Waals surface area contributed by atoms with Gasteiger partial charge in [0.05, 0.1) is 10.9 Å². The van der Waals surface area contributed by atoms with Crippen LogP contribution >= 0.6 is 0 Å². The quantitative estimate of drug-likeness (QED) is 0.815. The van der Waals surface area contributed by atoms with Gasteiger partial charge in [-0.25, -0.2) is 17.2 Å². The Balaban J connectivity index is 3.09. The summed E-state index contributed by atoms with van der Waals surface area (Å²) in [6, 6.07) is 1.58. The van der Waals surface area contributed by atoms with Gasteiger partial charge in [-0.05, 0) is 25.1 Å². The highest BCUT2D eigenvalue weighted by Gasteiger charge is 2.17. The molecule has 1 rings (SSSR count). The summed E-state index contributed by atoms with van der Waals surface area (Å²) in [6.45, 7) is 1.46. The van der Waals surface area contributed by atoms with Gasteiger partial charge in [-0.2, -0.15) is 4.72 Å². The van der Waals surface area contributed by atoms with Crippen molar-refractivity contribution < 1.29 is 17.2 Å². The molecular formula is C10H9F2NO2S. The molecule has 0 aliphatic rings. The predicted octanol–water partition coefficient (Wildman–Crippen LogP) is 1.26. The van der Waals surface area contributed by atoms with Crippen molar-refractivity contribution >= 4 is 10.0 Å². The van der Waals surface area contributed by atoms with Crippen molar-refractivity contribution in [1.29, 1.82) is 0 Å². The predicted molar refractivity (Wildman–Crippen MR) is 55.0 cm³/mol. The Morgan fingerprint density at radius 3 is 2.50 bits per heavy atom. The molecule has 0 aliphatic carbocycles. The van der Waals surface area contributed by atoms with E-state index in [1.807, 2.05) is 0 Å². The molecule has 0 radical (unpaired) electrons. The summed E-state index contributed by atoms with van der Waals surface area (Å²) in [7, 11) is -3.91. The first-order valence-electron chi connectivity index (χ1n) is 4.30. The van der Waals surface area contributed by atoms with E-state index in [1.165, 1.54) is 6.92 Å². The average molecular weight is 245 g/mol. The molecule has 1 aromatic carbocycles. The van der Waals surface area contributed by atoms with Gasteiger partial charge >= 0.3 is 0 Å². The number of halogens is 2. The second kappa shape index (κ2) is 4.60. The molecule has 1 aromatic rings. The largest absolute Gasteiger partial charge is 0.241 e. The van der Waals surface area contributed by atoms with Gasteiger partial charge in [-0.15, -0.1) is 6.42 Å². The highest BCUT2D eigenvalue weighted by molar-refractivity contribution is 7.89. The van der Waals surface area contributed by atoms with Gasteiger partial charge in [-0.3, -0.25) is 0 Å². The van der Waals surface area contributed by atoms with Gasteiger partial charge in [-0.1, -0.05) is 5.92 Å². The van der Waals surface area contributed by atoms with Crippen LogP contribution in [-0.2, 0) is 10.0 Å². The van der Waals surface area contributed by atoms with Crippen LogP contribution in [0.2, 0.25) is 0 Å². The summed E-state index contributed by atoms with van der Waals surface area (Å²) >= 11 is 0. The van der Waals surface area contributed by atoms with Crippen molar-refractivity contribution in [3.05, 3.63) is 29.8 Å². The fraction of sp³-hybridized carbons (Fsp3) is 0.200. The zero-order valence-corrected chi connectivity index (χ0v) is 9.18. The van der Waals surface area contributed by atoms with Crippen molar-refractivity contribution in [2.75, 3.05) is 0 Å². The molecule has 0 amide bonds. The summed E-state index contributed by atoms with van der Waals surface area (Å²) in [6.07, 6.45) is 5.00. The van der Waals surface area contributed by atoms with E-state index in [0.717, 1.165) is 12.1 Å². The lowest BCUT2D eigenvalue weighted by Crippen LogP contribution is -2.31. The van der Waals surface area contributed by atoms with Crippen molar-refractivity contribution in [3.8, 4) is 12.3 Å². The van der Waals surface area contributed by atoms with Crippen LogP contribution in [-0.4, -0.2) is 14.5 Å². The second-order valence-electron chi connectivity index (χ2n) is 3.09. The lowest BCUT2D eigenvalue weighted by molar-refractivity contribution is 0.504. The zero-order chi connectivity index (χ0) is 12.3. The Morgan fingerprint density at radius 1 is 1.38 bits per heavy atom. The maximum Gasteiger partial charge on any atom is 0.241 e. The lowest BCUT2D eigenvalue weighted by atomic mass is 10.3. The second-order valence-corrected chi connectivity index (χ2v) is 4.80. The maximum absolute atomic E-state index is 12.8. The molecule has 0 fully saturated rings. The molecule has 6 heteroatoms. The first-order valence-corrected chi connectivity index (χ1v) is 5.78. The highest BCUT2D eigenvalue weighted by Crippen LogP contribution is 2.13. The standard InChI is InChI=1S/C10H9F2NO2S/c1-3-7(2)13-16(14,15)8-4-5-9(11)10(12)6-8/h1,4-7,13H,2H3. The number of sulfonamides is 1. The van der Waals surface area contributed by atoms with Gasteiger partial charge in [0, 0.05) is 0 Å². The number of nitrogens with one attached hydrogen (secondary N) is 1. The summed E-state index contributed by atoms with van der Waals surface area (Å²) < 4.78 is 50.7. The van der Waals surface area contributed by atoms with E-state index < -0.39 is 27.7 Å². The normalized spacial score (nSPS) is 13.1. The molecule has 1 unspecified atom stereocenters. The van der Waals surface area contributed by atoms with E-state index in [0.29, 0.717) is 6.07 Å². The molecule has 0 saturated heterocycles. The van der Waals surface area contributed by atoms with Crippen molar-refractivity contribution in [1.82, 2.24) is 4.72 Å². The summed E-state index contributed by atoms with van der Waals surface area (Å²) in [5.41, 5.74) is 0. The summed E-state index contributed by atoms with van der Waals surface area (Å²) in [5.74, 6) is -0.174. The highest BCUT2D eigenvalue weighted by atomic mass is 32.2. The van der Waals surface area contributed by atoms with Crippen molar-refractivity contribution in [2.45, 2.75) is 17.9 Å². The molecule has 0 aliphatic heterocycles. The number of hydrogen-bond donors (Lipinski definition) is 1. The Labute approximate surface area is 92.5 Å². The fourth-order valence-corrected chi connectivity index (χ4v) is 2.15. The fourth-order valence-electron chi connectivity index (χ4n) is 0.979. The minimum atomic E-state index is -3.91. The summed E-state index contributed by atoms with van der Waals surface area (Å²) in [5, 5.41) is 0. The molecule has 0 bridgehead atoms. The molecule has 1 N–H and O–H groups in total. The van der Waals surface area contributed by atoms with E-state index in [2.05, 4.69) is 10.6 Å². The Kier molecular flexibility index (Phi) is 3.62. The lowest BCUT2D eigenvalue weighted by Gasteiger charge is -2.08. The number of hydrogen-bond acceptors (Lipinski definition) is 2. The van der Waals surface area contributed by atoms with Crippen LogP contribution in [0.15, 0.2) is 23.1 Å². The third kappa shape index (κ3) is 2.78. The van der Waals surface area contributed by atoms with Crippen LogP contribution in [0.3, 0.4) is 0 Å². The molecule has 86 valence electrons. The van der Waals surface area contributed by atoms with Crippen LogP contribution < -0.4 is 4.72 Å². The molecule has 0 spiro atoms. The van der Waals surface area contributed by atoms with Crippen LogP contribution in [0.5, 0.6) is 0 Å². The van der Waals surface area contributed by atoms with Gasteiger partial charge in [0.15, 0.2) is 11.6 Å². The molecule has 3 nitrogen and oxygen atoms in total. The van der Waals surface area contributed by atoms with Crippen LogP contribution in [0, 0.1) is 24.0 Å². The Hall–Kier alpha value is -1.45. The maximum atomic E-state index is 12.8. The van der Waals surface area contributed by atoms with E-state index >= 15 is 0 Å². The van der Waals surface area contributed by atoms with E-state index in [1.54, 1.807) is 0 Å². The Morgan fingerprint density at radius 2 is 2.00 bits per heavy atom. The van der Waals surface area contributed by atoms with Gasteiger partial charge in [0.25, 0.3) is 0 Å². The zero-order valence-electron chi connectivity index (χ0n) is 8.37. The topological polar surface area (TPSA) is 46.2 Å². The number of terminal acetylenes is 1. The molecule has 1 atom stereocenters. The first-order chi connectivity index (χ1) is 7.36.